The van der Waals surface area contributed by atoms with Crippen molar-refractivity contribution in [1.82, 2.24) is 14.8 Å². The van der Waals surface area contributed by atoms with Crippen LogP contribution in [0.5, 0.6) is 0 Å². The van der Waals surface area contributed by atoms with Crippen LogP contribution < -0.4 is 0 Å². The highest BCUT2D eigenvalue weighted by Crippen LogP contribution is 2.31. The lowest BCUT2D eigenvalue weighted by Crippen LogP contribution is -2.37. The summed E-state index contributed by atoms with van der Waals surface area (Å²) in [4.78, 5) is 20.9. The molecule has 0 bridgehead atoms. The fourth-order valence-electron chi connectivity index (χ4n) is 3.34. The Hall–Kier alpha value is -1.42. The first-order chi connectivity index (χ1) is 10.7. The van der Waals surface area contributed by atoms with E-state index in [1.807, 2.05) is 36.5 Å². The van der Waals surface area contributed by atoms with Crippen LogP contribution in [0, 0.1) is 5.92 Å². The number of carbonyl (C=O) groups is 1. The van der Waals surface area contributed by atoms with Crippen molar-refractivity contribution in [3.8, 4) is 0 Å². The third kappa shape index (κ3) is 4.29. The van der Waals surface area contributed by atoms with Gasteiger partial charge in [-0.1, -0.05) is 0 Å². The molecule has 2 aliphatic rings. The van der Waals surface area contributed by atoms with E-state index in [1.165, 1.54) is 44.3 Å². The fourth-order valence-corrected chi connectivity index (χ4v) is 3.34. The number of likely N-dealkylation sites (N-methyl/N-ethyl adjacent to an activating group) is 1. The minimum Gasteiger partial charge on any atom is -0.345 e. The van der Waals surface area contributed by atoms with E-state index in [-0.39, 0.29) is 0 Å². The van der Waals surface area contributed by atoms with Gasteiger partial charge in [-0.3, -0.25) is 9.78 Å². The predicted molar refractivity (Wildman–Crippen MR) is 87.5 cm³/mol. The van der Waals surface area contributed by atoms with Crippen molar-refractivity contribution < 1.29 is 4.79 Å². The highest BCUT2D eigenvalue weighted by molar-refractivity contribution is 5.76. The summed E-state index contributed by atoms with van der Waals surface area (Å²) in [6, 6.07) is 4.91. The summed E-state index contributed by atoms with van der Waals surface area (Å²) in [6.07, 6.45) is 10.4. The second-order valence-corrected chi connectivity index (χ2v) is 6.84. The minimum absolute atomic E-state index is 0.305. The molecule has 0 aromatic carbocycles. The third-order valence-electron chi connectivity index (χ3n) is 5.09. The van der Waals surface area contributed by atoms with Crippen LogP contribution in [0.4, 0.5) is 0 Å². The number of rotatable bonds is 6. The Morgan fingerprint density at radius 2 is 1.91 bits per heavy atom. The van der Waals surface area contributed by atoms with Crippen molar-refractivity contribution in [3.63, 3.8) is 0 Å². The summed E-state index contributed by atoms with van der Waals surface area (Å²) in [5.41, 5.74) is 1.24. The topological polar surface area (TPSA) is 36.4 Å². The van der Waals surface area contributed by atoms with Gasteiger partial charge in [-0.15, -0.1) is 0 Å². The second-order valence-electron chi connectivity index (χ2n) is 6.84. The summed E-state index contributed by atoms with van der Waals surface area (Å²) < 4.78 is 0. The van der Waals surface area contributed by atoms with E-state index in [2.05, 4.69) is 9.88 Å². The van der Waals surface area contributed by atoms with Crippen LogP contribution in [0.1, 0.15) is 37.7 Å². The van der Waals surface area contributed by atoms with E-state index < -0.39 is 0 Å². The molecule has 4 heteroatoms. The summed E-state index contributed by atoms with van der Waals surface area (Å²) in [5, 5.41) is 0. The maximum atomic E-state index is 12.4. The molecule has 2 fully saturated rings. The van der Waals surface area contributed by atoms with Gasteiger partial charge in [0.1, 0.15) is 0 Å². The van der Waals surface area contributed by atoms with Crippen LogP contribution in [0.15, 0.2) is 24.5 Å². The molecule has 0 spiro atoms. The lowest BCUT2D eigenvalue weighted by atomic mass is 9.93. The van der Waals surface area contributed by atoms with Gasteiger partial charge in [0.25, 0.3) is 0 Å². The molecule has 1 saturated heterocycles. The van der Waals surface area contributed by atoms with E-state index in [0.717, 1.165) is 25.4 Å². The monoisotopic (exact) mass is 301 g/mol. The molecule has 2 heterocycles. The Morgan fingerprint density at radius 1 is 1.23 bits per heavy atom. The number of nitrogens with zero attached hydrogens (tertiary/aromatic N) is 3. The average Bonchev–Trinajstić information content (AvgIpc) is 3.39. The number of likely N-dealkylation sites (tertiary alicyclic amines) is 1. The first-order valence-corrected chi connectivity index (χ1v) is 8.59. The Balaban J connectivity index is 1.37. The third-order valence-corrected chi connectivity index (χ3v) is 5.09. The highest BCUT2D eigenvalue weighted by atomic mass is 16.2. The summed E-state index contributed by atoms with van der Waals surface area (Å²) in [6.45, 7) is 3.19. The number of pyridine rings is 1. The lowest BCUT2D eigenvalue weighted by molar-refractivity contribution is -0.131. The SMILES string of the molecule is CN(CCc1ccncc1)C(=O)CC1CCN(C2CC2)CC1. The van der Waals surface area contributed by atoms with Crippen LogP contribution in [-0.4, -0.2) is 53.4 Å². The van der Waals surface area contributed by atoms with Crippen LogP contribution in [0.3, 0.4) is 0 Å². The number of aromatic nitrogens is 1. The smallest absolute Gasteiger partial charge is 0.222 e. The van der Waals surface area contributed by atoms with Crippen LogP contribution in [0.25, 0.3) is 0 Å². The fraction of sp³-hybridized carbons (Fsp3) is 0.667. The number of hydrogen-bond donors (Lipinski definition) is 0. The average molecular weight is 301 g/mol. The first-order valence-electron chi connectivity index (χ1n) is 8.59. The van der Waals surface area contributed by atoms with Gasteiger partial charge in [-0.25, -0.2) is 0 Å². The summed E-state index contributed by atoms with van der Waals surface area (Å²) in [5.74, 6) is 0.893. The highest BCUT2D eigenvalue weighted by Gasteiger charge is 2.32. The molecule has 1 aliphatic heterocycles. The van der Waals surface area contributed by atoms with Crippen molar-refractivity contribution in [2.24, 2.45) is 5.92 Å². The molecule has 1 aromatic rings. The number of piperidine rings is 1. The normalized spacial score (nSPS) is 20.0. The zero-order chi connectivity index (χ0) is 15.4. The van der Waals surface area contributed by atoms with Gasteiger partial charge in [-0.05, 0) is 68.8 Å². The van der Waals surface area contributed by atoms with Crippen molar-refractivity contribution in [2.75, 3.05) is 26.7 Å². The van der Waals surface area contributed by atoms with E-state index in [1.54, 1.807) is 0 Å². The Kier molecular flexibility index (Phi) is 5.08. The molecular weight excluding hydrogens is 274 g/mol. The van der Waals surface area contributed by atoms with Crippen LogP contribution >= 0.6 is 0 Å². The minimum atomic E-state index is 0.305. The molecule has 0 radical (unpaired) electrons. The zero-order valence-corrected chi connectivity index (χ0v) is 13.6. The Bertz CT molecular complexity index is 478. The lowest BCUT2D eigenvalue weighted by Gasteiger charge is -2.32. The molecular formula is C18H27N3O. The molecule has 0 unspecified atom stereocenters. The first kappa shape index (κ1) is 15.5. The van der Waals surface area contributed by atoms with Gasteiger partial charge in [0, 0.05) is 38.4 Å². The molecule has 1 amide bonds. The molecule has 120 valence electrons. The van der Waals surface area contributed by atoms with Gasteiger partial charge in [0.05, 0.1) is 0 Å². The van der Waals surface area contributed by atoms with Gasteiger partial charge >= 0.3 is 0 Å². The van der Waals surface area contributed by atoms with Crippen LogP contribution in [0.2, 0.25) is 0 Å². The molecule has 1 aliphatic carbocycles. The molecule has 22 heavy (non-hydrogen) atoms. The number of hydrogen-bond acceptors (Lipinski definition) is 3. The maximum Gasteiger partial charge on any atom is 0.222 e. The summed E-state index contributed by atoms with van der Waals surface area (Å²) >= 11 is 0. The molecule has 1 saturated carbocycles. The second kappa shape index (κ2) is 7.23. The van der Waals surface area contributed by atoms with E-state index in [0.29, 0.717) is 11.8 Å². The molecule has 1 aromatic heterocycles. The van der Waals surface area contributed by atoms with Gasteiger partial charge in [0.15, 0.2) is 0 Å². The quantitative estimate of drug-likeness (QED) is 0.809. The number of amides is 1. The van der Waals surface area contributed by atoms with E-state index in [4.69, 9.17) is 0 Å². The Labute approximate surface area is 133 Å². The summed E-state index contributed by atoms with van der Waals surface area (Å²) in [7, 11) is 1.93. The zero-order valence-electron chi connectivity index (χ0n) is 13.6. The van der Waals surface area contributed by atoms with Gasteiger partial charge in [0.2, 0.25) is 5.91 Å². The van der Waals surface area contributed by atoms with Crippen molar-refractivity contribution in [1.29, 1.82) is 0 Å². The number of carbonyl (C=O) groups excluding carboxylic acids is 1. The van der Waals surface area contributed by atoms with Crippen LogP contribution in [-0.2, 0) is 11.2 Å². The van der Waals surface area contributed by atoms with Gasteiger partial charge in [-0.2, -0.15) is 0 Å². The largest absolute Gasteiger partial charge is 0.345 e. The van der Waals surface area contributed by atoms with E-state index >= 15 is 0 Å². The molecule has 0 atom stereocenters. The standard InChI is InChI=1S/C18H27N3O/c1-20(11-6-15-4-9-19-10-5-15)18(22)14-16-7-12-21(13-8-16)17-2-3-17/h4-5,9-10,16-17H,2-3,6-8,11-14H2,1H3. The Morgan fingerprint density at radius 3 is 2.55 bits per heavy atom. The molecule has 3 rings (SSSR count). The van der Waals surface area contributed by atoms with Crippen molar-refractivity contribution >= 4 is 5.91 Å². The van der Waals surface area contributed by atoms with Gasteiger partial charge < -0.3 is 9.80 Å². The molecule has 0 N–H and O–H groups in total. The van der Waals surface area contributed by atoms with Crippen molar-refractivity contribution in [2.45, 2.75) is 44.6 Å². The maximum absolute atomic E-state index is 12.4. The van der Waals surface area contributed by atoms with E-state index in [9.17, 15) is 4.79 Å². The van der Waals surface area contributed by atoms with Crippen molar-refractivity contribution in [3.05, 3.63) is 30.1 Å². The molecule has 4 nitrogen and oxygen atoms in total. The predicted octanol–water partition coefficient (Wildman–Crippen LogP) is 2.35.